The Kier molecular flexibility index (Phi) is 4.19. The molecular formula is C19H24N2O. The van der Waals surface area contributed by atoms with Crippen molar-refractivity contribution in [2.24, 2.45) is 9.98 Å². The number of aldehydes is 1. The maximum atomic E-state index is 11.6. The van der Waals surface area contributed by atoms with E-state index < -0.39 is 0 Å². The number of nitrogens with zero attached hydrogens (tertiary/aromatic N) is 2. The summed E-state index contributed by atoms with van der Waals surface area (Å²) < 4.78 is 0. The van der Waals surface area contributed by atoms with Crippen LogP contribution in [-0.4, -0.2) is 18.8 Å². The Labute approximate surface area is 132 Å². The van der Waals surface area contributed by atoms with E-state index in [0.717, 1.165) is 24.7 Å². The minimum atomic E-state index is 0.0680. The highest BCUT2D eigenvalue weighted by molar-refractivity contribution is 6.07. The molecule has 0 N–H and O–H groups in total. The summed E-state index contributed by atoms with van der Waals surface area (Å²) in [6.45, 7) is 16.1. The number of hydrogen-bond donors (Lipinski definition) is 0. The fraction of sp³-hybridized carbons (Fsp3) is 0.421. The van der Waals surface area contributed by atoms with Gasteiger partial charge in [0.15, 0.2) is 12.1 Å². The molecule has 0 bridgehead atoms. The largest absolute Gasteiger partial charge is 0.298 e. The second kappa shape index (κ2) is 5.64. The average Bonchev–Trinajstić information content (AvgIpc) is 2.48. The predicted octanol–water partition coefficient (Wildman–Crippen LogP) is 4.44. The van der Waals surface area contributed by atoms with Crippen LogP contribution in [0.25, 0.3) is 0 Å². The number of aliphatic imine (C=N–C) groups is 2. The van der Waals surface area contributed by atoms with E-state index in [1.165, 1.54) is 17.3 Å². The Morgan fingerprint density at radius 1 is 1.14 bits per heavy atom. The molecule has 0 amide bonds. The predicted molar refractivity (Wildman–Crippen MR) is 93.4 cm³/mol. The fourth-order valence-corrected chi connectivity index (χ4v) is 3.20. The van der Waals surface area contributed by atoms with Crippen molar-refractivity contribution in [2.75, 3.05) is 0 Å². The molecule has 2 rings (SSSR count). The van der Waals surface area contributed by atoms with Crippen LogP contribution >= 0.6 is 0 Å². The zero-order valence-corrected chi connectivity index (χ0v) is 13.9. The molecule has 3 heteroatoms. The summed E-state index contributed by atoms with van der Waals surface area (Å²) >= 11 is 0. The molecule has 116 valence electrons. The van der Waals surface area contributed by atoms with E-state index in [4.69, 9.17) is 0 Å². The van der Waals surface area contributed by atoms with Gasteiger partial charge in [0.05, 0.1) is 0 Å². The van der Waals surface area contributed by atoms with Crippen LogP contribution in [0.2, 0.25) is 0 Å². The summed E-state index contributed by atoms with van der Waals surface area (Å²) in [6, 6.07) is 4.07. The molecule has 22 heavy (non-hydrogen) atoms. The Balaban J connectivity index is 2.80. The number of fused-ring (bicyclic) bond motifs is 1. The Morgan fingerprint density at radius 3 is 2.14 bits per heavy atom. The van der Waals surface area contributed by atoms with Gasteiger partial charge in [-0.2, -0.15) is 0 Å². The smallest absolute Gasteiger partial charge is 0.159 e. The van der Waals surface area contributed by atoms with Crippen molar-refractivity contribution in [3.63, 3.8) is 0 Å². The summed E-state index contributed by atoms with van der Waals surface area (Å²) in [5, 5.41) is 0. The third-order valence-corrected chi connectivity index (χ3v) is 4.75. The van der Waals surface area contributed by atoms with Crippen molar-refractivity contribution in [1.29, 1.82) is 0 Å². The standard InChI is InChI=1S/C19H24N2O/c1-7-21-17(20-6)14-11-16-15(10-13(14)12-22)18(2,3)8-9-19(16,4)5/h7,10-12H,1,6,8-9H2,2-5H3. The van der Waals surface area contributed by atoms with Gasteiger partial charge in [-0.05, 0) is 53.6 Å². The zero-order valence-electron chi connectivity index (χ0n) is 13.9. The molecule has 0 fully saturated rings. The van der Waals surface area contributed by atoms with Crippen LogP contribution in [0.1, 0.15) is 67.6 Å². The van der Waals surface area contributed by atoms with Gasteiger partial charge in [-0.3, -0.25) is 4.79 Å². The first-order valence-electron chi connectivity index (χ1n) is 7.57. The van der Waals surface area contributed by atoms with Gasteiger partial charge >= 0.3 is 0 Å². The van der Waals surface area contributed by atoms with Crippen LogP contribution in [0.4, 0.5) is 0 Å². The van der Waals surface area contributed by atoms with E-state index >= 15 is 0 Å². The number of amidine groups is 1. The van der Waals surface area contributed by atoms with Crippen molar-refractivity contribution < 1.29 is 4.79 Å². The van der Waals surface area contributed by atoms with E-state index in [0.29, 0.717) is 11.4 Å². The first-order chi connectivity index (χ1) is 10.3. The minimum absolute atomic E-state index is 0.0680. The maximum Gasteiger partial charge on any atom is 0.159 e. The summed E-state index contributed by atoms with van der Waals surface area (Å²) in [7, 11) is 0. The van der Waals surface area contributed by atoms with E-state index in [9.17, 15) is 4.79 Å². The van der Waals surface area contributed by atoms with E-state index in [1.54, 1.807) is 0 Å². The quantitative estimate of drug-likeness (QED) is 0.462. The molecule has 3 nitrogen and oxygen atoms in total. The number of benzene rings is 1. The van der Waals surface area contributed by atoms with Crippen LogP contribution in [0.3, 0.4) is 0 Å². The highest BCUT2D eigenvalue weighted by Gasteiger charge is 2.37. The lowest BCUT2D eigenvalue weighted by molar-refractivity contribution is 0.112. The number of carbonyl (C=O) groups is 1. The van der Waals surface area contributed by atoms with E-state index in [2.05, 4.69) is 57.0 Å². The van der Waals surface area contributed by atoms with Crippen molar-refractivity contribution >= 4 is 18.8 Å². The molecule has 1 aromatic carbocycles. The van der Waals surface area contributed by atoms with E-state index in [-0.39, 0.29) is 10.8 Å². The van der Waals surface area contributed by atoms with Crippen molar-refractivity contribution in [2.45, 2.75) is 51.4 Å². The zero-order chi connectivity index (χ0) is 16.5. The first kappa shape index (κ1) is 16.3. The average molecular weight is 296 g/mol. The lowest BCUT2D eigenvalue weighted by atomic mass is 9.62. The molecule has 0 saturated carbocycles. The lowest BCUT2D eigenvalue weighted by Crippen LogP contribution is -2.34. The molecule has 1 aliphatic carbocycles. The number of carbonyl (C=O) groups excluding carboxylic acids is 1. The summed E-state index contributed by atoms with van der Waals surface area (Å²) in [5.41, 5.74) is 3.99. The van der Waals surface area contributed by atoms with Gasteiger partial charge in [-0.1, -0.05) is 34.3 Å². The molecule has 0 saturated heterocycles. The van der Waals surface area contributed by atoms with Crippen LogP contribution in [0.15, 0.2) is 34.9 Å². The Morgan fingerprint density at radius 2 is 1.68 bits per heavy atom. The van der Waals surface area contributed by atoms with Gasteiger partial charge in [-0.25, -0.2) is 9.98 Å². The highest BCUT2D eigenvalue weighted by Crippen LogP contribution is 2.46. The second-order valence-electron chi connectivity index (χ2n) is 7.16. The third-order valence-electron chi connectivity index (χ3n) is 4.75. The normalized spacial score (nSPS) is 19.2. The Hall–Kier alpha value is -2.03. The molecule has 0 heterocycles. The molecule has 0 radical (unpaired) electrons. The summed E-state index contributed by atoms with van der Waals surface area (Å²) in [4.78, 5) is 19.7. The van der Waals surface area contributed by atoms with Gasteiger partial charge in [0.2, 0.25) is 0 Å². The topological polar surface area (TPSA) is 41.8 Å². The molecule has 0 atom stereocenters. The molecule has 0 aliphatic heterocycles. The van der Waals surface area contributed by atoms with Crippen molar-refractivity contribution in [1.82, 2.24) is 0 Å². The van der Waals surface area contributed by atoms with Gasteiger partial charge in [0.25, 0.3) is 0 Å². The van der Waals surface area contributed by atoms with Crippen molar-refractivity contribution in [3.05, 3.63) is 47.2 Å². The molecule has 0 aromatic heterocycles. The van der Waals surface area contributed by atoms with Crippen LogP contribution in [0.5, 0.6) is 0 Å². The van der Waals surface area contributed by atoms with E-state index in [1.807, 2.05) is 6.07 Å². The number of hydrogen-bond acceptors (Lipinski definition) is 2. The van der Waals surface area contributed by atoms with Gasteiger partial charge in [0.1, 0.15) is 0 Å². The van der Waals surface area contributed by atoms with Gasteiger partial charge in [0, 0.05) is 17.3 Å². The molecule has 0 spiro atoms. The fourth-order valence-electron chi connectivity index (χ4n) is 3.20. The summed E-state index contributed by atoms with van der Waals surface area (Å²) in [5.74, 6) is 0.444. The van der Waals surface area contributed by atoms with Crippen LogP contribution in [0, 0.1) is 0 Å². The first-order valence-corrected chi connectivity index (χ1v) is 7.57. The molecule has 1 aromatic rings. The lowest BCUT2D eigenvalue weighted by Gasteiger charge is -2.42. The highest BCUT2D eigenvalue weighted by atomic mass is 16.1. The molecule has 1 aliphatic rings. The monoisotopic (exact) mass is 296 g/mol. The minimum Gasteiger partial charge on any atom is -0.298 e. The second-order valence-corrected chi connectivity index (χ2v) is 7.16. The van der Waals surface area contributed by atoms with Crippen molar-refractivity contribution in [3.8, 4) is 0 Å². The van der Waals surface area contributed by atoms with Gasteiger partial charge in [-0.15, -0.1) is 0 Å². The summed E-state index contributed by atoms with van der Waals surface area (Å²) in [6.07, 6.45) is 4.52. The molecule has 0 unspecified atom stereocenters. The number of rotatable bonds is 3. The SMILES string of the molecule is C=CN=C(N=C)c1cc2c(cc1C=O)C(C)(C)CCC2(C)C. The molecular weight excluding hydrogens is 272 g/mol. The third kappa shape index (κ3) is 2.68. The van der Waals surface area contributed by atoms with Crippen LogP contribution in [-0.2, 0) is 10.8 Å². The van der Waals surface area contributed by atoms with Crippen LogP contribution < -0.4 is 0 Å². The maximum absolute atomic E-state index is 11.6. The van der Waals surface area contributed by atoms with Gasteiger partial charge < -0.3 is 0 Å². The Bertz CT molecular complexity index is 666.